The second kappa shape index (κ2) is 9.38. The van der Waals surface area contributed by atoms with Crippen LogP contribution in [-0.4, -0.2) is 42.0 Å². The molecule has 0 atom stereocenters. The molecule has 0 spiro atoms. The van der Waals surface area contributed by atoms with Crippen LogP contribution in [0.25, 0.3) is 0 Å². The van der Waals surface area contributed by atoms with Crippen LogP contribution in [-0.2, 0) is 18.2 Å². The predicted octanol–water partition coefficient (Wildman–Crippen LogP) is 0.684. The number of rotatable bonds is 9. The van der Waals surface area contributed by atoms with E-state index in [9.17, 15) is 0 Å². The van der Waals surface area contributed by atoms with Crippen LogP contribution < -0.4 is 11.1 Å². The molecule has 108 valence electrons. The SMILES string of the molecule is CCOCCCNC(N)=NCCCc1cnn(C)c1. The summed E-state index contributed by atoms with van der Waals surface area (Å²) >= 11 is 0. The molecule has 0 radical (unpaired) electrons. The third-order valence-corrected chi connectivity index (χ3v) is 2.64. The lowest BCUT2D eigenvalue weighted by molar-refractivity contribution is 0.145. The zero-order valence-corrected chi connectivity index (χ0v) is 11.9. The molecule has 0 saturated heterocycles. The van der Waals surface area contributed by atoms with Gasteiger partial charge in [0, 0.05) is 39.5 Å². The minimum Gasteiger partial charge on any atom is -0.382 e. The molecule has 0 bridgehead atoms. The molecule has 3 N–H and O–H groups in total. The Balaban J connectivity index is 2.04. The molecule has 6 heteroatoms. The average Bonchev–Trinajstić information content (AvgIpc) is 2.80. The molecule has 19 heavy (non-hydrogen) atoms. The first-order valence-electron chi connectivity index (χ1n) is 6.81. The monoisotopic (exact) mass is 267 g/mol. The lowest BCUT2D eigenvalue weighted by atomic mass is 10.2. The molecular formula is C13H25N5O. The van der Waals surface area contributed by atoms with Gasteiger partial charge < -0.3 is 15.8 Å². The molecule has 0 amide bonds. The van der Waals surface area contributed by atoms with E-state index < -0.39 is 0 Å². The van der Waals surface area contributed by atoms with Crippen molar-refractivity contribution in [1.29, 1.82) is 0 Å². The summed E-state index contributed by atoms with van der Waals surface area (Å²) in [6, 6.07) is 0. The Morgan fingerprint density at radius 2 is 2.37 bits per heavy atom. The van der Waals surface area contributed by atoms with Gasteiger partial charge in [-0.05, 0) is 31.7 Å². The van der Waals surface area contributed by atoms with Crippen LogP contribution in [0.15, 0.2) is 17.4 Å². The minimum atomic E-state index is 0.516. The van der Waals surface area contributed by atoms with Crippen LogP contribution in [0.1, 0.15) is 25.3 Å². The van der Waals surface area contributed by atoms with E-state index in [1.54, 1.807) is 0 Å². The van der Waals surface area contributed by atoms with Crippen LogP contribution in [0, 0.1) is 0 Å². The van der Waals surface area contributed by atoms with E-state index in [0.717, 1.165) is 45.6 Å². The van der Waals surface area contributed by atoms with Gasteiger partial charge >= 0.3 is 0 Å². The predicted molar refractivity (Wildman–Crippen MR) is 77.1 cm³/mol. The summed E-state index contributed by atoms with van der Waals surface area (Å²) in [4.78, 5) is 4.28. The van der Waals surface area contributed by atoms with E-state index in [2.05, 4.69) is 15.4 Å². The second-order valence-corrected chi connectivity index (χ2v) is 4.37. The smallest absolute Gasteiger partial charge is 0.188 e. The van der Waals surface area contributed by atoms with Gasteiger partial charge in [0.15, 0.2) is 5.96 Å². The van der Waals surface area contributed by atoms with Gasteiger partial charge in [0.1, 0.15) is 0 Å². The van der Waals surface area contributed by atoms with Crippen molar-refractivity contribution in [3.05, 3.63) is 18.0 Å². The standard InChI is InChI=1S/C13H25N5O/c1-3-19-9-5-8-16-13(14)15-7-4-6-12-10-17-18(2)11-12/h10-11H,3-9H2,1-2H3,(H3,14,15,16). The van der Waals surface area contributed by atoms with Crippen LogP contribution in [0.4, 0.5) is 0 Å². The first-order valence-corrected chi connectivity index (χ1v) is 6.81. The summed E-state index contributed by atoms with van der Waals surface area (Å²) < 4.78 is 7.05. The highest BCUT2D eigenvalue weighted by Gasteiger charge is 1.96. The van der Waals surface area contributed by atoms with Crippen LogP contribution >= 0.6 is 0 Å². The van der Waals surface area contributed by atoms with Crippen molar-refractivity contribution in [2.75, 3.05) is 26.3 Å². The summed E-state index contributed by atoms with van der Waals surface area (Å²) in [5, 5.41) is 7.20. The van der Waals surface area contributed by atoms with Gasteiger partial charge in [-0.2, -0.15) is 5.10 Å². The molecule has 1 aromatic rings. The van der Waals surface area contributed by atoms with Crippen LogP contribution in [0.2, 0.25) is 0 Å². The number of guanidine groups is 1. The quantitative estimate of drug-likeness (QED) is 0.392. The molecule has 0 aliphatic rings. The van der Waals surface area contributed by atoms with E-state index >= 15 is 0 Å². The van der Waals surface area contributed by atoms with Gasteiger partial charge in [-0.3, -0.25) is 9.67 Å². The van der Waals surface area contributed by atoms with Crippen molar-refractivity contribution in [3.8, 4) is 0 Å². The van der Waals surface area contributed by atoms with Gasteiger partial charge in [-0.25, -0.2) is 0 Å². The molecular weight excluding hydrogens is 242 g/mol. The number of hydrogen-bond donors (Lipinski definition) is 2. The number of aromatic nitrogens is 2. The van der Waals surface area contributed by atoms with E-state index in [4.69, 9.17) is 10.5 Å². The van der Waals surface area contributed by atoms with Gasteiger partial charge in [0.05, 0.1) is 6.20 Å². The first kappa shape index (κ1) is 15.5. The Kier molecular flexibility index (Phi) is 7.65. The average molecular weight is 267 g/mol. The van der Waals surface area contributed by atoms with Crippen molar-refractivity contribution in [2.45, 2.75) is 26.2 Å². The molecule has 0 aliphatic carbocycles. The topological polar surface area (TPSA) is 77.5 Å². The van der Waals surface area contributed by atoms with Gasteiger partial charge in [0.25, 0.3) is 0 Å². The van der Waals surface area contributed by atoms with Crippen molar-refractivity contribution in [2.24, 2.45) is 17.8 Å². The number of aryl methyl sites for hydroxylation is 2. The number of nitrogens with two attached hydrogens (primary N) is 1. The molecule has 0 aromatic carbocycles. The molecule has 0 unspecified atom stereocenters. The highest BCUT2D eigenvalue weighted by Crippen LogP contribution is 2.00. The molecule has 6 nitrogen and oxygen atoms in total. The Morgan fingerprint density at radius 1 is 1.53 bits per heavy atom. The van der Waals surface area contributed by atoms with Gasteiger partial charge in [-0.1, -0.05) is 0 Å². The van der Waals surface area contributed by atoms with Crippen LogP contribution in [0.3, 0.4) is 0 Å². The zero-order valence-electron chi connectivity index (χ0n) is 11.9. The lowest BCUT2D eigenvalue weighted by Gasteiger charge is -2.05. The Morgan fingerprint density at radius 3 is 3.05 bits per heavy atom. The minimum absolute atomic E-state index is 0.516. The Bertz CT molecular complexity index is 375. The maximum Gasteiger partial charge on any atom is 0.188 e. The zero-order chi connectivity index (χ0) is 13.9. The number of aliphatic imine (C=N–C) groups is 1. The fourth-order valence-corrected chi connectivity index (χ4v) is 1.67. The summed E-state index contributed by atoms with van der Waals surface area (Å²) in [5.74, 6) is 0.516. The lowest BCUT2D eigenvalue weighted by Crippen LogP contribution is -2.33. The largest absolute Gasteiger partial charge is 0.382 e. The first-order chi connectivity index (χ1) is 9.22. The Labute approximate surface area is 115 Å². The number of nitrogens with zero attached hydrogens (tertiary/aromatic N) is 3. The molecule has 0 fully saturated rings. The van der Waals surface area contributed by atoms with Crippen molar-refractivity contribution in [3.63, 3.8) is 0 Å². The van der Waals surface area contributed by atoms with E-state index in [-0.39, 0.29) is 0 Å². The third-order valence-electron chi connectivity index (χ3n) is 2.64. The van der Waals surface area contributed by atoms with Gasteiger partial charge in [0.2, 0.25) is 0 Å². The highest BCUT2D eigenvalue weighted by atomic mass is 16.5. The summed E-state index contributed by atoms with van der Waals surface area (Å²) in [6.45, 7) is 5.05. The number of ether oxygens (including phenoxy) is 1. The second-order valence-electron chi connectivity index (χ2n) is 4.37. The van der Waals surface area contributed by atoms with E-state index in [1.165, 1.54) is 5.56 Å². The van der Waals surface area contributed by atoms with Gasteiger partial charge in [-0.15, -0.1) is 0 Å². The van der Waals surface area contributed by atoms with Crippen LogP contribution in [0.5, 0.6) is 0 Å². The van der Waals surface area contributed by atoms with Crippen molar-refractivity contribution < 1.29 is 4.74 Å². The maximum atomic E-state index is 5.75. The van der Waals surface area contributed by atoms with E-state index in [0.29, 0.717) is 5.96 Å². The molecule has 0 saturated carbocycles. The molecule has 1 rings (SSSR count). The fraction of sp³-hybridized carbons (Fsp3) is 0.692. The summed E-state index contributed by atoms with van der Waals surface area (Å²) in [6.07, 6.45) is 6.82. The summed E-state index contributed by atoms with van der Waals surface area (Å²) in [5.41, 5.74) is 6.99. The molecule has 1 aromatic heterocycles. The Hall–Kier alpha value is -1.56. The number of nitrogens with one attached hydrogen (secondary N) is 1. The fourth-order valence-electron chi connectivity index (χ4n) is 1.67. The van der Waals surface area contributed by atoms with Crippen molar-refractivity contribution in [1.82, 2.24) is 15.1 Å². The molecule has 1 heterocycles. The normalized spacial score (nSPS) is 11.8. The molecule has 0 aliphatic heterocycles. The third kappa shape index (κ3) is 7.46. The van der Waals surface area contributed by atoms with E-state index in [1.807, 2.05) is 31.0 Å². The number of hydrogen-bond acceptors (Lipinski definition) is 3. The van der Waals surface area contributed by atoms with Crippen molar-refractivity contribution >= 4 is 5.96 Å². The summed E-state index contributed by atoms with van der Waals surface area (Å²) in [7, 11) is 1.92. The maximum absolute atomic E-state index is 5.75. The highest BCUT2D eigenvalue weighted by molar-refractivity contribution is 5.77.